The van der Waals surface area contributed by atoms with Crippen LogP contribution >= 0.6 is 0 Å². The van der Waals surface area contributed by atoms with Gasteiger partial charge in [0.25, 0.3) is 0 Å². The van der Waals surface area contributed by atoms with E-state index in [9.17, 15) is 19.5 Å². The molecular weight excluding hydrogens is 400 g/mol. The van der Waals surface area contributed by atoms with Crippen LogP contribution in [0, 0.1) is 0 Å². The number of carboxylic acids is 1. The Morgan fingerprint density at radius 1 is 1.26 bits per heavy atom. The van der Waals surface area contributed by atoms with Crippen molar-refractivity contribution in [3.63, 3.8) is 0 Å². The second kappa shape index (κ2) is 9.85. The van der Waals surface area contributed by atoms with Crippen molar-refractivity contribution in [2.45, 2.75) is 64.3 Å². The zero-order valence-corrected chi connectivity index (χ0v) is 18.8. The van der Waals surface area contributed by atoms with Crippen LogP contribution < -0.4 is 0 Å². The number of likely N-dealkylation sites (tertiary alicyclic amines) is 1. The predicted octanol–water partition coefficient (Wildman–Crippen LogP) is 4.05. The number of hydrogen-bond acceptors (Lipinski definition) is 5. The molecule has 1 unspecified atom stereocenters. The first kappa shape index (κ1) is 24.2. The fourth-order valence-corrected chi connectivity index (χ4v) is 3.54. The summed E-state index contributed by atoms with van der Waals surface area (Å²) in [6.45, 7) is 7.12. The number of aliphatic carboxylic acids is 1. The molecule has 1 saturated heterocycles. The minimum Gasteiger partial charge on any atom is -0.479 e. The van der Waals surface area contributed by atoms with Gasteiger partial charge in [-0.2, -0.15) is 0 Å². The summed E-state index contributed by atoms with van der Waals surface area (Å²) in [7, 11) is 1.56. The van der Waals surface area contributed by atoms with E-state index in [-0.39, 0.29) is 26.0 Å². The Balaban J connectivity index is 2.25. The predicted molar refractivity (Wildman–Crippen MR) is 116 cm³/mol. The zero-order chi connectivity index (χ0) is 23.2. The van der Waals surface area contributed by atoms with Gasteiger partial charge in [-0.05, 0) is 39.7 Å². The first-order chi connectivity index (χ1) is 14.5. The SMILES string of the molecule is CC=CCC1(C(=O)O)C[C@@H](N(C)C(=O)OC(C)(C)C)CN1C(=O)OCc1ccccc1. The van der Waals surface area contributed by atoms with Gasteiger partial charge in [0.05, 0.1) is 6.04 Å². The lowest BCUT2D eigenvalue weighted by molar-refractivity contribution is -0.148. The van der Waals surface area contributed by atoms with Gasteiger partial charge in [0.1, 0.15) is 17.7 Å². The van der Waals surface area contributed by atoms with Crippen molar-refractivity contribution in [1.82, 2.24) is 9.80 Å². The van der Waals surface area contributed by atoms with Crippen LogP contribution in [0.25, 0.3) is 0 Å². The van der Waals surface area contributed by atoms with Crippen LogP contribution in [0.3, 0.4) is 0 Å². The Hall–Kier alpha value is -3.03. The number of hydrogen-bond donors (Lipinski definition) is 1. The normalized spacial score (nSPS) is 21.2. The van der Waals surface area contributed by atoms with Gasteiger partial charge in [-0.3, -0.25) is 4.90 Å². The molecule has 0 saturated carbocycles. The number of carbonyl (C=O) groups is 3. The molecule has 1 aromatic carbocycles. The topological polar surface area (TPSA) is 96.4 Å². The molecule has 0 bridgehead atoms. The van der Waals surface area contributed by atoms with Crippen LogP contribution in [0.4, 0.5) is 9.59 Å². The molecule has 0 aliphatic carbocycles. The smallest absolute Gasteiger partial charge is 0.411 e. The highest BCUT2D eigenvalue weighted by atomic mass is 16.6. The molecule has 8 nitrogen and oxygen atoms in total. The van der Waals surface area contributed by atoms with Gasteiger partial charge in [0.2, 0.25) is 0 Å². The first-order valence-corrected chi connectivity index (χ1v) is 10.3. The Morgan fingerprint density at radius 3 is 2.45 bits per heavy atom. The monoisotopic (exact) mass is 432 g/mol. The van der Waals surface area contributed by atoms with Gasteiger partial charge in [-0.15, -0.1) is 0 Å². The number of carbonyl (C=O) groups excluding carboxylic acids is 2. The molecule has 0 aromatic heterocycles. The fraction of sp³-hybridized carbons (Fsp3) is 0.522. The molecule has 2 atom stereocenters. The van der Waals surface area contributed by atoms with Gasteiger partial charge in [-0.1, -0.05) is 42.5 Å². The van der Waals surface area contributed by atoms with Crippen LogP contribution in [0.1, 0.15) is 46.1 Å². The summed E-state index contributed by atoms with van der Waals surface area (Å²) in [6.07, 6.45) is 2.34. The van der Waals surface area contributed by atoms with Gasteiger partial charge < -0.3 is 19.5 Å². The summed E-state index contributed by atoms with van der Waals surface area (Å²) in [6, 6.07) is 8.63. The number of ether oxygens (including phenoxy) is 2. The molecule has 1 fully saturated rings. The molecule has 1 N–H and O–H groups in total. The summed E-state index contributed by atoms with van der Waals surface area (Å²) < 4.78 is 10.8. The van der Waals surface area contributed by atoms with E-state index in [1.165, 1.54) is 9.80 Å². The number of nitrogens with zero attached hydrogens (tertiary/aromatic N) is 2. The number of allylic oxidation sites excluding steroid dienone is 1. The third kappa shape index (κ3) is 5.99. The number of benzene rings is 1. The van der Waals surface area contributed by atoms with Crippen molar-refractivity contribution in [3.05, 3.63) is 48.0 Å². The molecule has 1 heterocycles. The third-order valence-corrected chi connectivity index (χ3v) is 5.23. The van der Waals surface area contributed by atoms with Crippen molar-refractivity contribution < 1.29 is 29.0 Å². The van der Waals surface area contributed by atoms with Crippen molar-refractivity contribution in [2.24, 2.45) is 0 Å². The molecule has 1 aliphatic heterocycles. The molecular formula is C23H32N2O6. The van der Waals surface area contributed by atoms with Crippen molar-refractivity contribution in [2.75, 3.05) is 13.6 Å². The van der Waals surface area contributed by atoms with Gasteiger partial charge >= 0.3 is 18.2 Å². The summed E-state index contributed by atoms with van der Waals surface area (Å²) in [4.78, 5) is 40.4. The number of likely N-dealkylation sites (N-methyl/N-ethyl adjacent to an activating group) is 1. The average Bonchev–Trinajstić information content (AvgIpc) is 3.10. The molecule has 1 aliphatic rings. The highest BCUT2D eigenvalue weighted by Gasteiger charge is 2.55. The second-order valence-electron chi connectivity index (χ2n) is 8.71. The van der Waals surface area contributed by atoms with E-state index in [4.69, 9.17) is 9.47 Å². The third-order valence-electron chi connectivity index (χ3n) is 5.23. The quantitative estimate of drug-likeness (QED) is 0.681. The van der Waals surface area contributed by atoms with Crippen LogP contribution in [-0.4, -0.2) is 63.8 Å². The maximum Gasteiger partial charge on any atom is 0.411 e. The Kier molecular flexibility index (Phi) is 7.70. The van der Waals surface area contributed by atoms with Crippen LogP contribution in [0.2, 0.25) is 0 Å². The summed E-state index contributed by atoms with van der Waals surface area (Å²) in [5, 5.41) is 10.1. The molecule has 8 heteroatoms. The van der Waals surface area contributed by atoms with Gasteiger partial charge in [-0.25, -0.2) is 14.4 Å². The van der Waals surface area contributed by atoms with Crippen molar-refractivity contribution in [3.8, 4) is 0 Å². The molecule has 170 valence electrons. The van der Waals surface area contributed by atoms with Crippen LogP contribution in [-0.2, 0) is 20.9 Å². The minimum absolute atomic E-state index is 0.0298. The van der Waals surface area contributed by atoms with Crippen LogP contribution in [0.15, 0.2) is 42.5 Å². The Bertz CT molecular complexity index is 817. The van der Waals surface area contributed by atoms with E-state index < -0.39 is 35.3 Å². The number of carboxylic acid groups (broad SMARTS) is 1. The molecule has 0 spiro atoms. The number of amides is 2. The van der Waals surface area contributed by atoms with Crippen molar-refractivity contribution >= 4 is 18.2 Å². The van der Waals surface area contributed by atoms with E-state index in [1.807, 2.05) is 30.3 Å². The molecule has 0 radical (unpaired) electrons. The molecule has 2 amide bonds. The molecule has 1 aromatic rings. The Morgan fingerprint density at radius 2 is 1.90 bits per heavy atom. The lowest BCUT2D eigenvalue weighted by atomic mass is 9.90. The standard InChI is InChI=1S/C23H32N2O6/c1-6-7-13-23(19(26)27)14-18(24(5)20(28)31-22(2,3)4)15-25(23)21(29)30-16-17-11-9-8-10-12-17/h6-12,18H,13-16H2,1-5H3,(H,26,27)/t18-,23?/m1/s1. The highest BCUT2D eigenvalue weighted by Crippen LogP contribution is 2.36. The summed E-state index contributed by atoms with van der Waals surface area (Å²) in [5.41, 5.74) is -1.40. The fourth-order valence-electron chi connectivity index (χ4n) is 3.54. The van der Waals surface area contributed by atoms with Crippen LogP contribution in [0.5, 0.6) is 0 Å². The summed E-state index contributed by atoms with van der Waals surface area (Å²) in [5.74, 6) is -1.14. The first-order valence-electron chi connectivity index (χ1n) is 10.3. The average molecular weight is 433 g/mol. The highest BCUT2D eigenvalue weighted by molar-refractivity contribution is 5.86. The second-order valence-corrected chi connectivity index (χ2v) is 8.71. The van der Waals surface area contributed by atoms with Gasteiger partial charge in [0.15, 0.2) is 0 Å². The molecule has 2 rings (SSSR count). The van der Waals surface area contributed by atoms with E-state index in [0.29, 0.717) is 0 Å². The minimum atomic E-state index is -1.51. The summed E-state index contributed by atoms with van der Waals surface area (Å²) >= 11 is 0. The van der Waals surface area contributed by atoms with Crippen molar-refractivity contribution in [1.29, 1.82) is 0 Å². The van der Waals surface area contributed by atoms with E-state index in [0.717, 1.165) is 5.56 Å². The maximum absolute atomic E-state index is 13.0. The maximum atomic E-state index is 13.0. The van der Waals surface area contributed by atoms with E-state index in [1.54, 1.807) is 46.9 Å². The van der Waals surface area contributed by atoms with Gasteiger partial charge in [0, 0.05) is 20.0 Å². The Labute approximate surface area is 183 Å². The zero-order valence-electron chi connectivity index (χ0n) is 18.8. The number of rotatable bonds is 6. The van der Waals surface area contributed by atoms with E-state index >= 15 is 0 Å². The largest absolute Gasteiger partial charge is 0.479 e. The van der Waals surface area contributed by atoms with E-state index in [2.05, 4.69) is 0 Å². The lowest BCUT2D eigenvalue weighted by Gasteiger charge is -2.32. The molecule has 31 heavy (non-hydrogen) atoms. The lowest BCUT2D eigenvalue weighted by Crippen LogP contribution is -2.53.